The number of halogens is 2. The van der Waals surface area contributed by atoms with Gasteiger partial charge in [0.1, 0.15) is 5.15 Å². The smallest absolute Gasteiger partial charge is 0.216 e. The first-order valence-corrected chi connectivity index (χ1v) is 10.4. The summed E-state index contributed by atoms with van der Waals surface area (Å²) >= 11 is 17.9. The van der Waals surface area contributed by atoms with Crippen LogP contribution < -0.4 is 0 Å². The molecular weight excluding hydrogens is 439 g/mol. The molecule has 0 unspecified atom stereocenters. The van der Waals surface area contributed by atoms with Gasteiger partial charge in [-0.3, -0.25) is 0 Å². The molecule has 152 valence electrons. The molecule has 0 radical (unpaired) electrons. The Kier molecular flexibility index (Phi) is 5.85. The Hall–Kier alpha value is -2.74. The number of aromatic nitrogens is 5. The van der Waals surface area contributed by atoms with Crippen molar-refractivity contribution in [1.29, 1.82) is 0 Å². The molecular formula is C21H18Cl2N6S. The van der Waals surface area contributed by atoms with Crippen molar-refractivity contribution in [2.24, 2.45) is 5.10 Å². The fourth-order valence-electron chi connectivity index (χ4n) is 3.09. The molecule has 0 amide bonds. The highest BCUT2D eigenvalue weighted by Gasteiger charge is 2.14. The van der Waals surface area contributed by atoms with Crippen molar-refractivity contribution >= 4 is 41.6 Å². The van der Waals surface area contributed by atoms with Crippen LogP contribution in [0.5, 0.6) is 0 Å². The SMILES string of the molecule is Cc1ccccc1-c1n[nH]c(=S)n1/N=C/c1c(C)nn(Cc2ccc(Cl)cc2)c1Cl. The van der Waals surface area contributed by atoms with Crippen LogP contribution in [0.1, 0.15) is 22.4 Å². The van der Waals surface area contributed by atoms with Crippen molar-refractivity contribution in [2.45, 2.75) is 20.4 Å². The third-order valence-electron chi connectivity index (χ3n) is 4.69. The summed E-state index contributed by atoms with van der Waals surface area (Å²) in [6.45, 7) is 4.44. The largest absolute Gasteiger partial charge is 0.250 e. The van der Waals surface area contributed by atoms with E-state index in [-0.39, 0.29) is 0 Å². The summed E-state index contributed by atoms with van der Waals surface area (Å²) in [6.07, 6.45) is 1.66. The molecule has 30 heavy (non-hydrogen) atoms. The molecule has 0 aliphatic carbocycles. The summed E-state index contributed by atoms with van der Waals surface area (Å²) in [4.78, 5) is 0. The van der Waals surface area contributed by atoms with Crippen molar-refractivity contribution in [2.75, 3.05) is 0 Å². The Morgan fingerprint density at radius 1 is 1.10 bits per heavy atom. The van der Waals surface area contributed by atoms with Crippen LogP contribution >= 0.6 is 35.4 Å². The van der Waals surface area contributed by atoms with Crippen LogP contribution in [-0.2, 0) is 6.54 Å². The average molecular weight is 457 g/mol. The van der Waals surface area contributed by atoms with Crippen molar-refractivity contribution in [3.05, 3.63) is 85.9 Å². The zero-order valence-corrected chi connectivity index (χ0v) is 18.6. The van der Waals surface area contributed by atoms with E-state index in [1.54, 1.807) is 15.6 Å². The molecule has 0 atom stereocenters. The summed E-state index contributed by atoms with van der Waals surface area (Å²) in [5, 5.41) is 17.4. The molecule has 0 fully saturated rings. The molecule has 0 aliphatic heterocycles. The third kappa shape index (κ3) is 4.09. The monoisotopic (exact) mass is 456 g/mol. The highest BCUT2D eigenvalue weighted by molar-refractivity contribution is 7.71. The Balaban J connectivity index is 1.67. The van der Waals surface area contributed by atoms with Crippen LogP contribution in [0.25, 0.3) is 11.4 Å². The lowest BCUT2D eigenvalue weighted by molar-refractivity contribution is 0.680. The molecule has 0 saturated carbocycles. The second-order valence-corrected chi connectivity index (χ2v) is 7.98. The quantitative estimate of drug-likeness (QED) is 0.311. The Bertz CT molecular complexity index is 1280. The number of rotatable bonds is 5. The highest BCUT2D eigenvalue weighted by Crippen LogP contribution is 2.23. The minimum absolute atomic E-state index is 0.395. The van der Waals surface area contributed by atoms with Crippen LogP contribution in [0, 0.1) is 18.6 Å². The molecule has 6 nitrogen and oxygen atoms in total. The first-order valence-electron chi connectivity index (χ1n) is 9.19. The molecule has 0 aliphatic rings. The molecule has 2 aromatic heterocycles. The Morgan fingerprint density at radius 2 is 1.83 bits per heavy atom. The van der Waals surface area contributed by atoms with E-state index in [1.807, 2.05) is 62.4 Å². The predicted octanol–water partition coefficient (Wildman–Crippen LogP) is 5.66. The molecule has 9 heteroatoms. The molecule has 2 heterocycles. The lowest BCUT2D eigenvalue weighted by Gasteiger charge is -2.04. The van der Waals surface area contributed by atoms with Crippen LogP contribution in [0.2, 0.25) is 10.2 Å². The zero-order valence-electron chi connectivity index (χ0n) is 16.3. The standard InChI is InChI=1S/C21H18Cl2N6S/c1-13-5-3-4-6-17(13)20-25-26-21(30)29(20)24-11-18-14(2)27-28(19(18)23)12-15-7-9-16(22)10-8-15/h3-11H,12H2,1-2H3,(H,26,30)/b24-11+. The van der Waals surface area contributed by atoms with Crippen LogP contribution in [-0.4, -0.2) is 30.9 Å². The average Bonchev–Trinajstić information content (AvgIpc) is 3.21. The number of aryl methyl sites for hydroxylation is 2. The highest BCUT2D eigenvalue weighted by atomic mass is 35.5. The molecule has 2 aromatic carbocycles. The molecule has 4 aromatic rings. The number of aromatic amines is 1. The van der Waals surface area contributed by atoms with Gasteiger partial charge in [-0.1, -0.05) is 59.6 Å². The summed E-state index contributed by atoms with van der Waals surface area (Å²) in [7, 11) is 0. The van der Waals surface area contributed by atoms with Gasteiger partial charge in [-0.05, 0) is 49.3 Å². The van der Waals surface area contributed by atoms with Crippen molar-refractivity contribution in [3.63, 3.8) is 0 Å². The van der Waals surface area contributed by atoms with Gasteiger partial charge in [-0.2, -0.15) is 20.0 Å². The fourth-order valence-corrected chi connectivity index (χ4v) is 3.68. The van der Waals surface area contributed by atoms with Gasteiger partial charge in [-0.15, -0.1) is 0 Å². The van der Waals surface area contributed by atoms with Gasteiger partial charge in [0.15, 0.2) is 5.82 Å². The topological polar surface area (TPSA) is 63.8 Å². The minimum Gasteiger partial charge on any atom is -0.250 e. The van der Waals surface area contributed by atoms with Crippen molar-refractivity contribution in [3.8, 4) is 11.4 Å². The van der Waals surface area contributed by atoms with Crippen LogP contribution in [0.3, 0.4) is 0 Å². The molecule has 4 rings (SSSR count). The number of nitrogens with one attached hydrogen (secondary N) is 1. The summed E-state index contributed by atoms with van der Waals surface area (Å²) in [5.41, 5.74) is 4.57. The van der Waals surface area contributed by atoms with Crippen molar-refractivity contribution < 1.29 is 0 Å². The Morgan fingerprint density at radius 3 is 2.57 bits per heavy atom. The minimum atomic E-state index is 0.395. The predicted molar refractivity (Wildman–Crippen MR) is 123 cm³/mol. The number of hydrogen-bond donors (Lipinski definition) is 1. The lowest BCUT2D eigenvalue weighted by atomic mass is 10.1. The molecule has 1 N–H and O–H groups in total. The first-order chi connectivity index (χ1) is 14.4. The normalized spacial score (nSPS) is 11.5. The maximum atomic E-state index is 6.60. The molecule has 0 bridgehead atoms. The van der Waals surface area contributed by atoms with E-state index in [0.717, 1.165) is 27.9 Å². The van der Waals surface area contributed by atoms with Gasteiger partial charge in [0.25, 0.3) is 0 Å². The van der Waals surface area contributed by atoms with Crippen LogP contribution in [0.15, 0.2) is 53.6 Å². The first kappa shape index (κ1) is 20.5. The van der Waals surface area contributed by atoms with Gasteiger partial charge in [0.05, 0.1) is 24.0 Å². The van der Waals surface area contributed by atoms with Gasteiger partial charge >= 0.3 is 0 Å². The van der Waals surface area contributed by atoms with Gasteiger partial charge < -0.3 is 0 Å². The number of hydrogen-bond acceptors (Lipinski definition) is 4. The lowest BCUT2D eigenvalue weighted by Crippen LogP contribution is -2.02. The fraction of sp³-hybridized carbons (Fsp3) is 0.143. The van der Waals surface area contributed by atoms with Crippen LogP contribution in [0.4, 0.5) is 0 Å². The third-order valence-corrected chi connectivity index (χ3v) is 5.61. The Labute approximate surface area is 188 Å². The van der Waals surface area contributed by atoms with E-state index in [1.165, 1.54) is 0 Å². The number of benzene rings is 2. The van der Waals surface area contributed by atoms with Gasteiger partial charge in [0.2, 0.25) is 4.77 Å². The number of nitrogens with zero attached hydrogens (tertiary/aromatic N) is 5. The zero-order chi connectivity index (χ0) is 21.3. The van der Waals surface area contributed by atoms with E-state index >= 15 is 0 Å². The summed E-state index contributed by atoms with van der Waals surface area (Å²) in [6, 6.07) is 15.5. The van der Waals surface area contributed by atoms with E-state index in [4.69, 9.17) is 35.4 Å². The summed E-state index contributed by atoms with van der Waals surface area (Å²) in [5.74, 6) is 0.636. The van der Waals surface area contributed by atoms with Crippen molar-refractivity contribution in [1.82, 2.24) is 24.7 Å². The number of H-pyrrole nitrogens is 1. The van der Waals surface area contributed by atoms with Gasteiger partial charge in [0, 0.05) is 10.6 Å². The maximum Gasteiger partial charge on any atom is 0.216 e. The van der Waals surface area contributed by atoms with Gasteiger partial charge in [-0.25, -0.2) is 9.78 Å². The van der Waals surface area contributed by atoms with E-state index < -0.39 is 0 Å². The van der Waals surface area contributed by atoms with E-state index in [2.05, 4.69) is 20.4 Å². The van der Waals surface area contributed by atoms with E-state index in [9.17, 15) is 0 Å². The second-order valence-electron chi connectivity index (χ2n) is 6.80. The summed E-state index contributed by atoms with van der Waals surface area (Å²) < 4.78 is 3.72. The molecule has 0 spiro atoms. The molecule has 0 saturated heterocycles. The second kappa shape index (κ2) is 8.55. The van der Waals surface area contributed by atoms with E-state index in [0.29, 0.717) is 27.3 Å². The maximum absolute atomic E-state index is 6.60.